The normalized spacial score (nSPS) is 10.9. The molecule has 0 saturated carbocycles. The highest BCUT2D eigenvalue weighted by Crippen LogP contribution is 2.29. The molecule has 668 valence electrons. The number of hydrogen-bond acceptors (Lipinski definition) is 23. The van der Waals surface area contributed by atoms with Crippen LogP contribution in [-0.4, -0.2) is 119 Å². The van der Waals surface area contributed by atoms with Crippen molar-refractivity contribution < 1.29 is 14.2 Å². The number of ether oxygens (including phenoxy) is 3. The lowest BCUT2D eigenvalue weighted by molar-refractivity contribution is 0.341. The molecular weight excluding hydrogens is 1820 g/mol. The molecule has 0 atom stereocenters. The van der Waals surface area contributed by atoms with E-state index >= 15 is 0 Å². The van der Waals surface area contributed by atoms with Crippen LogP contribution in [0.25, 0.3) is 85.8 Å². The molecule has 0 fully saturated rings. The van der Waals surface area contributed by atoms with Crippen molar-refractivity contribution in [1.82, 2.24) is 103 Å². The van der Waals surface area contributed by atoms with Gasteiger partial charge in [0.2, 0.25) is 0 Å². The standard InChI is InChI=1S/C20H18ClN5O2.C20H19N5O.2C19H16ClN5O2.C18H14BrN5O/c1-2-28-17-6-4-3-5-16(17)22-12-15-11-18(27)26-20(23-15)24-19(25-26)13-7-9-14(21)10-8-13;1-14-7-5-6-10-17(14)19-23-20-22-16(11-18(26)25(20)24-19)13-21-12-15-8-3-2-4-9-15;1-27-16-8-6-14(7-9-16)21-11-15-10-17(26)25-19(22-15)23-18(24-25)12-2-4-13(20)5-3-12;1-27-16-5-3-2-4-15(16)21-11-14-10-17(26)25-19(22-14)23-18(24-25)12-6-8-13(20)9-7-12;19-13-6-8-14(9-7-13)20-11-15-10-16(25)24-18(21-15)22-17(23-24)12-4-2-1-3-5-12/h3-11,22H,2,12H2,1H3,(H,23,24,25);2-11,21H,12-13H2,1H3,(H,22,23,24);2*2-10,21H,11H2,1H3,(H,22,23,24);1-10,20H,11H2,(H,21,22,23). The van der Waals surface area contributed by atoms with Gasteiger partial charge in [0.15, 0.2) is 29.1 Å². The second-order valence-corrected chi connectivity index (χ2v) is 31.8. The second kappa shape index (κ2) is 42.4. The number of anilines is 4. The van der Waals surface area contributed by atoms with Gasteiger partial charge in [-0.2, -0.15) is 47.5 Å². The van der Waals surface area contributed by atoms with E-state index in [1.54, 1.807) is 50.6 Å². The van der Waals surface area contributed by atoms with Crippen LogP contribution in [0.2, 0.25) is 15.1 Å². The molecule has 0 aliphatic heterocycles. The van der Waals surface area contributed by atoms with Crippen molar-refractivity contribution in [3.8, 4) is 74.2 Å². The summed E-state index contributed by atoms with van der Waals surface area (Å²) in [6.45, 7) is 7.34. The first-order valence-corrected chi connectivity index (χ1v) is 43.5. The predicted molar refractivity (Wildman–Crippen MR) is 519 cm³/mol. The number of nitrogens with zero attached hydrogens (tertiary/aromatic N) is 15. The summed E-state index contributed by atoms with van der Waals surface area (Å²) in [6, 6.07) is 87.3. The summed E-state index contributed by atoms with van der Waals surface area (Å²) in [5.41, 5.74) is 12.2. The van der Waals surface area contributed by atoms with Crippen LogP contribution < -0.4 is 68.6 Å². The summed E-state index contributed by atoms with van der Waals surface area (Å²) >= 11 is 21.2. The predicted octanol–water partition coefficient (Wildman–Crippen LogP) is 16.6. The maximum atomic E-state index is 12.5. The van der Waals surface area contributed by atoms with Crippen molar-refractivity contribution in [2.24, 2.45) is 0 Å². The molecule has 0 unspecified atom stereocenters. The molecule has 0 amide bonds. The minimum atomic E-state index is -0.232. The molecule has 0 aliphatic carbocycles. The molecule has 20 rings (SSSR count). The third kappa shape index (κ3) is 22.9. The fraction of sp³-hybridized carbons (Fsp3) is 0.115. The number of hydrogen-bond donors (Lipinski definition) is 10. The molecule has 0 saturated heterocycles. The highest BCUT2D eigenvalue weighted by Gasteiger charge is 2.18. The molecule has 10 aromatic heterocycles. The Labute approximate surface area is 780 Å². The van der Waals surface area contributed by atoms with Gasteiger partial charge in [0.1, 0.15) is 17.2 Å². The highest BCUT2D eigenvalue weighted by molar-refractivity contribution is 9.10. The molecule has 0 bridgehead atoms. The number of para-hydroxylation sites is 4. The number of nitrogens with one attached hydrogen (secondary N) is 10. The Morgan fingerprint density at radius 3 is 1.06 bits per heavy atom. The number of aromatic nitrogens is 20. The van der Waals surface area contributed by atoms with Gasteiger partial charge in [0.05, 0.1) is 86.8 Å². The van der Waals surface area contributed by atoms with Crippen molar-refractivity contribution >= 4 is 102 Å². The van der Waals surface area contributed by atoms with Crippen LogP contribution in [0.15, 0.2) is 314 Å². The number of aryl methyl sites for hydroxylation is 1. The van der Waals surface area contributed by atoms with Gasteiger partial charge in [0, 0.05) is 102 Å². The number of halogens is 4. The van der Waals surface area contributed by atoms with E-state index in [0.29, 0.717) is 141 Å². The Hall–Kier alpha value is -16.1. The lowest BCUT2D eigenvalue weighted by Crippen LogP contribution is -2.20. The summed E-state index contributed by atoms with van der Waals surface area (Å²) in [7, 11) is 3.23. The topological polar surface area (TPSA) is 403 Å². The third-order valence-electron chi connectivity index (χ3n) is 20.3. The van der Waals surface area contributed by atoms with E-state index in [9.17, 15) is 24.0 Å². The molecule has 0 aliphatic rings. The fourth-order valence-electron chi connectivity index (χ4n) is 13.6. The Bertz CT molecular complexity index is 7750. The van der Waals surface area contributed by atoms with Gasteiger partial charge in [0.25, 0.3) is 56.7 Å². The molecule has 0 spiro atoms. The first-order chi connectivity index (χ1) is 64.8. The molecule has 133 heavy (non-hydrogen) atoms. The van der Waals surface area contributed by atoms with Gasteiger partial charge >= 0.3 is 0 Å². The van der Waals surface area contributed by atoms with Crippen LogP contribution in [0.1, 0.15) is 46.5 Å². The highest BCUT2D eigenvalue weighted by atomic mass is 79.9. The van der Waals surface area contributed by atoms with Crippen LogP contribution in [0.5, 0.6) is 17.2 Å². The average Bonchev–Trinajstić information content (AvgIpc) is 1.66. The zero-order valence-corrected chi connectivity index (χ0v) is 75.4. The molecular formula is C96H83BrCl3N25O8. The van der Waals surface area contributed by atoms with Crippen molar-refractivity contribution in [1.29, 1.82) is 0 Å². The molecule has 37 heteroatoms. The van der Waals surface area contributed by atoms with Crippen molar-refractivity contribution in [3.63, 3.8) is 0 Å². The van der Waals surface area contributed by atoms with Crippen LogP contribution in [0, 0.1) is 6.92 Å². The van der Waals surface area contributed by atoms with Gasteiger partial charge in [-0.05, 0) is 171 Å². The molecule has 10 N–H and O–H groups in total. The van der Waals surface area contributed by atoms with Gasteiger partial charge in [-0.15, -0.1) is 0 Å². The second-order valence-electron chi connectivity index (χ2n) is 29.5. The number of fused-ring (bicyclic) bond motifs is 5. The van der Waals surface area contributed by atoms with Crippen molar-refractivity contribution in [2.75, 3.05) is 42.1 Å². The third-order valence-corrected chi connectivity index (χ3v) is 21.6. The summed E-state index contributed by atoms with van der Waals surface area (Å²) in [4.78, 5) is 107. The number of benzene rings is 10. The van der Waals surface area contributed by atoms with E-state index in [1.165, 1.54) is 58.5 Å². The van der Waals surface area contributed by atoms with Gasteiger partial charge in [-0.25, -0.2) is 24.9 Å². The van der Waals surface area contributed by atoms with Crippen molar-refractivity contribution in [2.45, 2.75) is 53.1 Å². The largest absolute Gasteiger partial charge is 0.497 e. The Balaban J connectivity index is 0.000000121. The quantitative estimate of drug-likeness (QED) is 0.0254. The number of aromatic amines is 5. The summed E-state index contributed by atoms with van der Waals surface area (Å²) in [6.07, 6.45) is 0. The monoisotopic (exact) mass is 1900 g/mol. The van der Waals surface area contributed by atoms with Gasteiger partial charge in [-0.3, -0.25) is 49.5 Å². The maximum absolute atomic E-state index is 12.5. The van der Waals surface area contributed by atoms with E-state index in [-0.39, 0.29) is 27.8 Å². The minimum absolute atomic E-state index is 0.168. The molecule has 10 heterocycles. The van der Waals surface area contributed by atoms with E-state index in [4.69, 9.17) is 49.0 Å². The van der Waals surface area contributed by atoms with Crippen molar-refractivity contribution in [3.05, 3.63) is 396 Å². The Morgan fingerprint density at radius 1 is 0.331 bits per heavy atom. The van der Waals surface area contributed by atoms with E-state index < -0.39 is 0 Å². The smallest absolute Gasteiger partial charge is 0.274 e. The number of rotatable bonds is 25. The number of H-pyrrole nitrogens is 5. The Kier molecular flexibility index (Phi) is 28.8. The summed E-state index contributed by atoms with van der Waals surface area (Å²) < 4.78 is 23.8. The van der Waals surface area contributed by atoms with Crippen LogP contribution in [0.4, 0.5) is 22.7 Å². The summed E-state index contributed by atoms with van der Waals surface area (Å²) in [5.74, 6) is 6.85. The van der Waals surface area contributed by atoms with E-state index in [0.717, 1.165) is 84.4 Å². The zero-order chi connectivity index (χ0) is 92.3. The lowest BCUT2D eigenvalue weighted by atomic mass is 10.1. The number of methoxy groups -OCH3 is 2. The van der Waals surface area contributed by atoms with Crippen LogP contribution in [-0.2, 0) is 39.3 Å². The lowest BCUT2D eigenvalue weighted by Gasteiger charge is -2.11. The van der Waals surface area contributed by atoms with Crippen LogP contribution in [0.3, 0.4) is 0 Å². The molecule has 0 radical (unpaired) electrons. The van der Waals surface area contributed by atoms with Crippen LogP contribution >= 0.6 is 50.7 Å². The fourth-order valence-corrected chi connectivity index (χ4v) is 14.3. The first kappa shape index (κ1) is 90.2. The Morgan fingerprint density at radius 2 is 0.662 bits per heavy atom. The van der Waals surface area contributed by atoms with Gasteiger partial charge < -0.3 is 40.8 Å². The maximum Gasteiger partial charge on any atom is 0.274 e. The molecule has 20 aromatic rings. The first-order valence-electron chi connectivity index (χ1n) is 41.6. The minimum Gasteiger partial charge on any atom is -0.497 e. The average molecular weight is 1900 g/mol. The molecule has 33 nitrogen and oxygen atoms in total. The molecule has 10 aromatic carbocycles. The zero-order valence-electron chi connectivity index (χ0n) is 71.6. The van der Waals surface area contributed by atoms with Gasteiger partial charge in [-0.1, -0.05) is 160 Å². The summed E-state index contributed by atoms with van der Waals surface area (Å²) in [5, 5.41) is 33.1. The van der Waals surface area contributed by atoms with E-state index in [1.807, 2.05) is 220 Å². The van der Waals surface area contributed by atoms with E-state index in [2.05, 4.69) is 130 Å². The SMILES string of the molecule is CCOc1ccccc1NCc1cc(=O)n2[nH]c(-c3ccc(Cl)cc3)nc2n1.COc1ccc(NCc2cc(=O)n3[nH]c(-c4ccc(Cl)cc4)nc3n2)cc1.COc1ccccc1NCc1cc(=O)n2[nH]c(-c3ccc(Cl)cc3)nc2n1.Cc1ccccc1-c1nc2nc(CNCc3ccccc3)cc(=O)n2[nH]1.O=c1cc(CNc2ccc(Br)cc2)nc2nc(-c3ccccc3)[nH]n12.